The van der Waals surface area contributed by atoms with E-state index in [0.29, 0.717) is 12.0 Å². The predicted molar refractivity (Wildman–Crippen MR) is 148 cm³/mol. The van der Waals surface area contributed by atoms with Gasteiger partial charge in [0.15, 0.2) is 6.04 Å². The highest BCUT2D eigenvalue weighted by molar-refractivity contribution is 6.02. The number of hydrogen-bond acceptors (Lipinski definition) is 9. The molecule has 5 atom stereocenters. The number of imide groups is 1. The van der Waals surface area contributed by atoms with E-state index in [1.807, 2.05) is 6.92 Å². The smallest absolute Gasteiger partial charge is 0.417 e. The van der Waals surface area contributed by atoms with Crippen molar-refractivity contribution in [1.29, 1.82) is 0 Å². The predicted octanol–water partition coefficient (Wildman–Crippen LogP) is 0.794. The summed E-state index contributed by atoms with van der Waals surface area (Å²) in [7, 11) is 0. The summed E-state index contributed by atoms with van der Waals surface area (Å²) in [6.45, 7) is 3.16. The molecule has 6 N–H and O–H groups in total. The molecule has 1 fully saturated rings. The van der Waals surface area contributed by atoms with Crippen molar-refractivity contribution in [1.82, 2.24) is 15.1 Å². The minimum absolute atomic E-state index is 0.0154. The summed E-state index contributed by atoms with van der Waals surface area (Å²) in [5.41, 5.74) is 6.49. The minimum atomic E-state index is -2.15. The number of aliphatic carboxylic acids is 3. The molecule has 4 amide bonds. The number of carboxylic acid groups (broad SMARTS) is 3. The highest BCUT2D eigenvalue weighted by atomic mass is 16.6. The number of rotatable bonds is 15. The van der Waals surface area contributed by atoms with E-state index in [-0.39, 0.29) is 43.2 Å². The molecule has 1 aromatic rings. The van der Waals surface area contributed by atoms with E-state index in [9.17, 15) is 48.9 Å². The maximum Gasteiger partial charge on any atom is 0.417 e. The quantitative estimate of drug-likeness (QED) is 0.186. The van der Waals surface area contributed by atoms with E-state index in [1.165, 1.54) is 0 Å². The molecular formula is C28H38N4O11. The Kier molecular flexibility index (Phi) is 13.1. The van der Waals surface area contributed by atoms with Gasteiger partial charge in [-0.3, -0.25) is 24.0 Å². The summed E-state index contributed by atoms with van der Waals surface area (Å²) < 4.78 is 5.17. The normalized spacial score (nSPS) is 17.2. The highest BCUT2D eigenvalue weighted by Gasteiger charge is 2.46. The fraction of sp³-hybridized carbons (Fsp3) is 0.536. The van der Waals surface area contributed by atoms with Crippen LogP contribution in [0.25, 0.3) is 0 Å². The van der Waals surface area contributed by atoms with Gasteiger partial charge in [-0.1, -0.05) is 50.6 Å². The number of hydrogen-bond donors (Lipinski definition) is 5. The molecule has 15 nitrogen and oxygen atoms in total. The zero-order chi connectivity index (χ0) is 32.3. The largest absolute Gasteiger partial charge is 0.481 e. The van der Waals surface area contributed by atoms with Crippen molar-refractivity contribution in [2.45, 2.75) is 83.1 Å². The van der Waals surface area contributed by atoms with Gasteiger partial charge < -0.3 is 36.0 Å². The average Bonchev–Trinajstić information content (AvgIpc) is 3.46. The molecule has 43 heavy (non-hydrogen) atoms. The third-order valence-corrected chi connectivity index (χ3v) is 7.25. The van der Waals surface area contributed by atoms with Gasteiger partial charge in [0, 0.05) is 13.0 Å². The van der Waals surface area contributed by atoms with Crippen molar-refractivity contribution >= 4 is 41.7 Å². The van der Waals surface area contributed by atoms with Crippen LogP contribution in [0.4, 0.5) is 4.79 Å². The molecular weight excluding hydrogens is 568 g/mol. The monoisotopic (exact) mass is 606 g/mol. The third-order valence-electron chi connectivity index (χ3n) is 7.25. The molecule has 2 rings (SSSR count). The first kappa shape index (κ1) is 34.7. The third kappa shape index (κ3) is 9.77. The summed E-state index contributed by atoms with van der Waals surface area (Å²) in [5.74, 6) is -7.59. The molecule has 0 spiro atoms. The molecule has 0 saturated carbocycles. The van der Waals surface area contributed by atoms with Gasteiger partial charge in [-0.15, -0.1) is 0 Å². The zero-order valence-electron chi connectivity index (χ0n) is 24.0. The maximum atomic E-state index is 13.8. The second-order valence-corrected chi connectivity index (χ2v) is 10.3. The van der Waals surface area contributed by atoms with Crippen molar-refractivity contribution in [2.24, 2.45) is 11.7 Å². The van der Waals surface area contributed by atoms with Gasteiger partial charge in [-0.25, -0.2) is 14.5 Å². The van der Waals surface area contributed by atoms with Crippen molar-refractivity contribution in [2.75, 3.05) is 6.54 Å². The minimum Gasteiger partial charge on any atom is -0.481 e. The summed E-state index contributed by atoms with van der Waals surface area (Å²) in [5, 5.41) is 30.7. The highest BCUT2D eigenvalue weighted by Crippen LogP contribution is 2.24. The summed E-state index contributed by atoms with van der Waals surface area (Å²) in [6.07, 6.45) is -2.59. The van der Waals surface area contributed by atoms with Crippen LogP contribution >= 0.6 is 0 Å². The van der Waals surface area contributed by atoms with Gasteiger partial charge in [0.1, 0.15) is 18.7 Å². The van der Waals surface area contributed by atoms with E-state index >= 15 is 0 Å². The number of carbonyl (C=O) groups excluding carboxylic acids is 4. The molecule has 15 heteroatoms. The Morgan fingerprint density at radius 3 is 2.28 bits per heavy atom. The molecule has 236 valence electrons. The van der Waals surface area contributed by atoms with Crippen molar-refractivity contribution in [3.05, 3.63) is 35.9 Å². The first-order chi connectivity index (χ1) is 20.3. The van der Waals surface area contributed by atoms with E-state index in [0.717, 1.165) is 4.90 Å². The lowest BCUT2D eigenvalue weighted by atomic mass is 9.98. The molecule has 0 aliphatic carbocycles. The molecule has 0 aromatic heterocycles. The Morgan fingerprint density at radius 2 is 1.72 bits per heavy atom. The summed E-state index contributed by atoms with van der Waals surface area (Å²) in [4.78, 5) is 89.3. The topological polar surface area (TPSA) is 234 Å². The van der Waals surface area contributed by atoms with Gasteiger partial charge in [-0.05, 0) is 30.7 Å². The first-order valence-corrected chi connectivity index (χ1v) is 13.8. The second kappa shape index (κ2) is 16.2. The number of carbonyl (C=O) groups is 7. The van der Waals surface area contributed by atoms with Crippen LogP contribution < -0.4 is 11.1 Å². The van der Waals surface area contributed by atoms with E-state index in [2.05, 4.69) is 5.32 Å². The Balaban J connectivity index is 2.38. The Hall–Kier alpha value is -4.53. The fourth-order valence-electron chi connectivity index (χ4n) is 4.57. The van der Waals surface area contributed by atoms with Crippen LogP contribution in [0.5, 0.6) is 0 Å². The molecule has 1 aliphatic rings. The number of ether oxygens (including phenoxy) is 1. The van der Waals surface area contributed by atoms with Crippen molar-refractivity contribution in [3.63, 3.8) is 0 Å². The lowest BCUT2D eigenvalue weighted by Crippen LogP contribution is -2.59. The second-order valence-electron chi connectivity index (χ2n) is 10.3. The number of carboxylic acids is 3. The first-order valence-electron chi connectivity index (χ1n) is 13.8. The standard InChI is InChI=1S/C28H38N4O11/c1-3-16(2)23(29)24(37)30-18(11-12-21(33)34)25(38)31-13-7-10-19(31)26(39)32(20(27(40)41)14-22(35)36)28(42)43-15-17-8-5-4-6-9-17/h4-6,8-9,16,18-20,23H,3,7,10-15,29H2,1-2H3,(H,30,37)(H,33,34)(H,35,36)(H,40,41). The lowest BCUT2D eigenvalue weighted by Gasteiger charge is -2.33. The van der Waals surface area contributed by atoms with Crippen LogP contribution in [0.2, 0.25) is 0 Å². The molecule has 1 heterocycles. The number of nitrogens with two attached hydrogens (primary N) is 1. The SMILES string of the molecule is CCC(C)C(N)C(=O)NC(CCC(=O)O)C(=O)N1CCCC1C(=O)N(C(=O)OCc1ccccc1)C(CC(=O)O)C(=O)O. The maximum absolute atomic E-state index is 13.8. The van der Waals surface area contributed by atoms with Gasteiger partial charge in [0.2, 0.25) is 11.8 Å². The van der Waals surface area contributed by atoms with Crippen LogP contribution in [0.15, 0.2) is 30.3 Å². The summed E-state index contributed by atoms with van der Waals surface area (Å²) in [6, 6.07) is 2.31. The van der Waals surface area contributed by atoms with Gasteiger partial charge in [0.25, 0.3) is 5.91 Å². The van der Waals surface area contributed by atoms with Crippen LogP contribution in [-0.4, -0.2) is 97.6 Å². The average molecular weight is 607 g/mol. The molecule has 1 saturated heterocycles. The summed E-state index contributed by atoms with van der Waals surface area (Å²) >= 11 is 0. The van der Waals surface area contributed by atoms with Gasteiger partial charge in [-0.2, -0.15) is 0 Å². The molecule has 1 aromatic carbocycles. The van der Waals surface area contributed by atoms with E-state index < -0.39 is 78.7 Å². The van der Waals surface area contributed by atoms with Crippen LogP contribution in [-0.2, 0) is 40.1 Å². The molecule has 0 radical (unpaired) electrons. The molecule has 0 bridgehead atoms. The number of nitrogens with one attached hydrogen (secondary N) is 1. The van der Waals surface area contributed by atoms with E-state index in [1.54, 1.807) is 37.3 Å². The number of nitrogens with zero attached hydrogens (tertiary/aromatic N) is 2. The van der Waals surface area contributed by atoms with Gasteiger partial charge in [0.05, 0.1) is 12.5 Å². The Labute approximate surface area is 247 Å². The van der Waals surface area contributed by atoms with E-state index in [4.69, 9.17) is 10.5 Å². The fourth-order valence-corrected chi connectivity index (χ4v) is 4.57. The van der Waals surface area contributed by atoms with Crippen LogP contribution in [0, 0.1) is 5.92 Å². The van der Waals surface area contributed by atoms with Crippen LogP contribution in [0.1, 0.15) is 57.9 Å². The molecule has 1 aliphatic heterocycles. The van der Waals surface area contributed by atoms with Crippen molar-refractivity contribution in [3.8, 4) is 0 Å². The number of amides is 4. The molecule has 5 unspecified atom stereocenters. The number of likely N-dealkylation sites (tertiary alicyclic amines) is 1. The Morgan fingerprint density at radius 1 is 1.07 bits per heavy atom. The zero-order valence-corrected chi connectivity index (χ0v) is 24.0. The number of benzene rings is 1. The van der Waals surface area contributed by atoms with Crippen LogP contribution in [0.3, 0.4) is 0 Å². The Bertz CT molecular complexity index is 1190. The van der Waals surface area contributed by atoms with Gasteiger partial charge >= 0.3 is 24.0 Å². The lowest BCUT2D eigenvalue weighted by molar-refractivity contribution is -0.156. The van der Waals surface area contributed by atoms with Crippen molar-refractivity contribution < 1.29 is 53.6 Å².